The number of nitrogens with zero attached hydrogens (tertiary/aromatic N) is 2. The van der Waals surface area contributed by atoms with Crippen molar-refractivity contribution in [1.82, 2.24) is 25.7 Å². The smallest absolute Gasteiger partial charge is 0.110 e. The van der Waals surface area contributed by atoms with Gasteiger partial charge >= 0.3 is 0 Å². The van der Waals surface area contributed by atoms with E-state index in [4.69, 9.17) is 4.98 Å². The number of nitrogens with one attached hydrogen (secondary N) is 3. The Balaban J connectivity index is 1.59. The molecule has 6 nitrogen and oxygen atoms in total. The van der Waals surface area contributed by atoms with Crippen molar-refractivity contribution in [1.29, 1.82) is 0 Å². The third-order valence-electron chi connectivity index (χ3n) is 6.07. The standard InChI is InChI=1S/C22H25N5O/c28-27-19-4-2-16-13-17(1-3-18(16)19)21-20(14-5-9-23-10-6-14)25-22(26-21)15-7-11-24-12-8-15/h1,3,5-6,9-10,13,15,19,24,27-28H,2,4,7-8,11-12H2,(H,25,26)/t19-/m0/s1. The highest BCUT2D eigenvalue weighted by molar-refractivity contribution is 5.79. The van der Waals surface area contributed by atoms with Gasteiger partial charge in [-0.15, -0.1) is 0 Å². The first kappa shape index (κ1) is 17.6. The topological polar surface area (TPSA) is 85.9 Å². The largest absolute Gasteiger partial charge is 0.341 e. The lowest BCUT2D eigenvalue weighted by Crippen LogP contribution is -2.27. The number of aryl methyl sites for hydroxylation is 1. The molecule has 144 valence electrons. The van der Waals surface area contributed by atoms with Gasteiger partial charge in [0.2, 0.25) is 0 Å². The number of piperidine rings is 1. The Labute approximate surface area is 164 Å². The van der Waals surface area contributed by atoms with Crippen LogP contribution >= 0.6 is 0 Å². The summed E-state index contributed by atoms with van der Waals surface area (Å²) in [6.45, 7) is 2.08. The van der Waals surface area contributed by atoms with Gasteiger partial charge in [-0.05, 0) is 68.1 Å². The first-order valence-corrected chi connectivity index (χ1v) is 10.1. The number of imidazole rings is 1. The Hall–Kier alpha value is -2.54. The van der Waals surface area contributed by atoms with E-state index in [9.17, 15) is 5.21 Å². The molecule has 1 atom stereocenters. The molecule has 0 saturated carbocycles. The Morgan fingerprint density at radius 1 is 1.00 bits per heavy atom. The highest BCUT2D eigenvalue weighted by Crippen LogP contribution is 2.37. The van der Waals surface area contributed by atoms with Crippen LogP contribution in [0.25, 0.3) is 22.5 Å². The summed E-state index contributed by atoms with van der Waals surface area (Å²) in [6, 6.07) is 10.6. The molecule has 1 saturated heterocycles. The summed E-state index contributed by atoms with van der Waals surface area (Å²) < 4.78 is 0. The minimum atomic E-state index is 0.0354. The van der Waals surface area contributed by atoms with Crippen LogP contribution in [0.1, 0.15) is 48.2 Å². The second-order valence-corrected chi connectivity index (χ2v) is 7.74. The molecule has 2 aliphatic rings. The van der Waals surface area contributed by atoms with Gasteiger partial charge in [0.15, 0.2) is 0 Å². The molecule has 1 fully saturated rings. The molecule has 3 heterocycles. The quantitative estimate of drug-likeness (QED) is 0.524. The Bertz CT molecular complexity index is 962. The highest BCUT2D eigenvalue weighted by Gasteiger charge is 2.25. The molecule has 6 heteroatoms. The van der Waals surface area contributed by atoms with Crippen LogP contribution in [-0.4, -0.2) is 33.2 Å². The fraction of sp³-hybridized carbons (Fsp3) is 0.364. The van der Waals surface area contributed by atoms with Crippen LogP contribution in [-0.2, 0) is 6.42 Å². The van der Waals surface area contributed by atoms with Crippen LogP contribution in [0.2, 0.25) is 0 Å². The number of aromatic amines is 1. The molecule has 5 rings (SSSR count). The summed E-state index contributed by atoms with van der Waals surface area (Å²) in [6.07, 6.45) is 7.76. The molecule has 1 aliphatic carbocycles. The first-order valence-electron chi connectivity index (χ1n) is 10.1. The van der Waals surface area contributed by atoms with Crippen molar-refractivity contribution < 1.29 is 5.21 Å². The van der Waals surface area contributed by atoms with Crippen molar-refractivity contribution in [2.24, 2.45) is 0 Å². The lowest BCUT2D eigenvalue weighted by atomic mass is 9.97. The van der Waals surface area contributed by atoms with Gasteiger partial charge in [0.1, 0.15) is 5.82 Å². The lowest BCUT2D eigenvalue weighted by Gasteiger charge is -2.20. The molecular weight excluding hydrogens is 350 g/mol. The van der Waals surface area contributed by atoms with Crippen molar-refractivity contribution in [2.45, 2.75) is 37.6 Å². The summed E-state index contributed by atoms with van der Waals surface area (Å²) in [5, 5.41) is 12.8. The minimum Gasteiger partial charge on any atom is -0.341 e. The van der Waals surface area contributed by atoms with Crippen LogP contribution < -0.4 is 10.8 Å². The molecular formula is C22H25N5O. The molecule has 3 aromatic rings. The fourth-order valence-electron chi connectivity index (χ4n) is 4.52. The average Bonchev–Trinajstić information content (AvgIpc) is 3.39. The van der Waals surface area contributed by atoms with Crippen LogP contribution in [0, 0.1) is 0 Å². The van der Waals surface area contributed by atoms with Crippen molar-refractivity contribution in [2.75, 3.05) is 13.1 Å². The number of pyridine rings is 1. The zero-order valence-corrected chi connectivity index (χ0v) is 15.8. The summed E-state index contributed by atoms with van der Waals surface area (Å²) in [7, 11) is 0. The zero-order valence-electron chi connectivity index (χ0n) is 15.8. The zero-order chi connectivity index (χ0) is 18.9. The number of benzene rings is 1. The summed E-state index contributed by atoms with van der Waals surface area (Å²) in [5.74, 6) is 1.55. The molecule has 4 N–H and O–H groups in total. The van der Waals surface area contributed by atoms with E-state index in [0.29, 0.717) is 5.92 Å². The number of hydroxylamine groups is 1. The Morgan fingerprint density at radius 3 is 2.61 bits per heavy atom. The van der Waals surface area contributed by atoms with E-state index >= 15 is 0 Å². The van der Waals surface area contributed by atoms with Gasteiger partial charge in [-0.25, -0.2) is 4.98 Å². The number of rotatable bonds is 4. The van der Waals surface area contributed by atoms with E-state index in [0.717, 1.165) is 67.1 Å². The average molecular weight is 375 g/mol. The molecule has 0 bridgehead atoms. The number of hydrogen-bond acceptors (Lipinski definition) is 5. The molecule has 0 unspecified atom stereocenters. The lowest BCUT2D eigenvalue weighted by molar-refractivity contribution is 0.126. The van der Waals surface area contributed by atoms with Gasteiger partial charge in [0, 0.05) is 29.4 Å². The summed E-state index contributed by atoms with van der Waals surface area (Å²) >= 11 is 0. The monoisotopic (exact) mass is 375 g/mol. The maximum Gasteiger partial charge on any atom is 0.110 e. The van der Waals surface area contributed by atoms with E-state index < -0.39 is 0 Å². The van der Waals surface area contributed by atoms with E-state index in [1.165, 1.54) is 11.1 Å². The fourth-order valence-corrected chi connectivity index (χ4v) is 4.52. The molecule has 0 amide bonds. The number of H-pyrrole nitrogens is 1. The van der Waals surface area contributed by atoms with Gasteiger partial charge in [-0.1, -0.05) is 12.1 Å². The maximum atomic E-state index is 9.36. The van der Waals surface area contributed by atoms with E-state index in [2.05, 4.69) is 39.0 Å². The first-order chi connectivity index (χ1) is 13.8. The van der Waals surface area contributed by atoms with E-state index in [1.54, 1.807) is 0 Å². The number of aromatic nitrogens is 3. The van der Waals surface area contributed by atoms with Crippen LogP contribution in [0.4, 0.5) is 0 Å². The maximum absolute atomic E-state index is 9.36. The second kappa shape index (κ2) is 7.47. The SMILES string of the molecule is ON[C@H]1CCc2cc(-c3nc(C4CCNCC4)[nH]c3-c3ccncc3)ccc21. The predicted molar refractivity (Wildman–Crippen MR) is 108 cm³/mol. The van der Waals surface area contributed by atoms with Crippen molar-refractivity contribution in [3.05, 3.63) is 59.7 Å². The third kappa shape index (κ3) is 3.13. The van der Waals surface area contributed by atoms with Crippen LogP contribution in [0.5, 0.6) is 0 Å². The predicted octanol–water partition coefficient (Wildman–Crippen LogP) is 3.57. The van der Waals surface area contributed by atoms with Crippen LogP contribution in [0.3, 0.4) is 0 Å². The number of fused-ring (bicyclic) bond motifs is 1. The Kier molecular flexibility index (Phi) is 4.68. The second-order valence-electron chi connectivity index (χ2n) is 7.74. The summed E-state index contributed by atoms with van der Waals surface area (Å²) in [5.41, 5.74) is 9.20. The van der Waals surface area contributed by atoms with Gasteiger partial charge in [0.05, 0.1) is 17.4 Å². The van der Waals surface area contributed by atoms with E-state index in [-0.39, 0.29) is 6.04 Å². The van der Waals surface area contributed by atoms with Gasteiger partial charge < -0.3 is 15.5 Å². The third-order valence-corrected chi connectivity index (χ3v) is 6.07. The van der Waals surface area contributed by atoms with Gasteiger partial charge in [-0.2, -0.15) is 5.48 Å². The van der Waals surface area contributed by atoms with Gasteiger partial charge in [0.25, 0.3) is 0 Å². The minimum absolute atomic E-state index is 0.0354. The molecule has 1 aliphatic heterocycles. The molecule has 1 aromatic carbocycles. The van der Waals surface area contributed by atoms with Gasteiger partial charge in [-0.3, -0.25) is 4.98 Å². The normalized spacial score (nSPS) is 19.7. The summed E-state index contributed by atoms with van der Waals surface area (Å²) in [4.78, 5) is 12.9. The van der Waals surface area contributed by atoms with Crippen molar-refractivity contribution in [3.8, 4) is 22.5 Å². The molecule has 2 aromatic heterocycles. The highest BCUT2D eigenvalue weighted by atomic mass is 16.5. The number of hydrogen-bond donors (Lipinski definition) is 4. The Morgan fingerprint density at radius 2 is 1.82 bits per heavy atom. The van der Waals surface area contributed by atoms with Crippen molar-refractivity contribution >= 4 is 0 Å². The molecule has 0 radical (unpaired) electrons. The molecule has 28 heavy (non-hydrogen) atoms. The van der Waals surface area contributed by atoms with Crippen LogP contribution in [0.15, 0.2) is 42.7 Å². The molecule has 0 spiro atoms. The van der Waals surface area contributed by atoms with E-state index in [1.807, 2.05) is 24.5 Å². The van der Waals surface area contributed by atoms with Crippen molar-refractivity contribution in [3.63, 3.8) is 0 Å².